The van der Waals surface area contributed by atoms with Gasteiger partial charge < -0.3 is 0 Å². The van der Waals surface area contributed by atoms with E-state index in [1.54, 1.807) is 0 Å². The first kappa shape index (κ1) is 25.2. The lowest BCUT2D eigenvalue weighted by Gasteiger charge is -2.41. The summed E-state index contributed by atoms with van der Waals surface area (Å²) in [5, 5.41) is 0. The van der Waals surface area contributed by atoms with E-state index in [9.17, 15) is 48.0 Å². The molecule has 0 saturated carbocycles. The Morgan fingerprint density at radius 1 is 0.654 bits per heavy atom. The van der Waals surface area contributed by atoms with Gasteiger partial charge >= 0.3 is 37.1 Å². The van der Waals surface area contributed by atoms with E-state index in [4.69, 9.17) is 0 Å². The number of carbonyl (C=O) groups excluding carboxylic acids is 1. The van der Waals surface area contributed by atoms with Gasteiger partial charge in [-0.15, -0.1) is 0 Å². The van der Waals surface area contributed by atoms with Crippen molar-refractivity contribution >= 4 is 42.5 Å². The summed E-state index contributed by atoms with van der Waals surface area (Å²) < 4.78 is 123. The summed E-state index contributed by atoms with van der Waals surface area (Å²) in [6.07, 6.45) is 0. The van der Waals surface area contributed by atoms with Crippen LogP contribution in [0.2, 0.25) is 39.3 Å². The predicted octanol–water partition coefficient (Wildman–Crippen LogP) is 3.08. The molecule has 0 aromatic heterocycles. The van der Waals surface area contributed by atoms with Crippen molar-refractivity contribution in [3.05, 3.63) is 0 Å². The fraction of sp³-hybridized carbons (Fsp3) is 0.889. The molecule has 2 amide bonds. The molecule has 156 valence electrons. The predicted molar refractivity (Wildman–Crippen MR) is 85.7 cm³/mol. The maximum Gasteiger partial charge on any atom is 0.516 e. The topological polar surface area (TPSA) is 91.8 Å². The van der Waals surface area contributed by atoms with Crippen molar-refractivity contribution in [3.8, 4) is 0 Å². The van der Waals surface area contributed by atoms with Crippen molar-refractivity contribution in [2.75, 3.05) is 0 Å². The fourth-order valence-corrected chi connectivity index (χ4v) is 10.8. The number of carbonyl (C=O) groups is 1. The molecule has 26 heavy (non-hydrogen) atoms. The van der Waals surface area contributed by atoms with Crippen LogP contribution in [0, 0.1) is 0 Å². The second-order valence-corrected chi connectivity index (χ2v) is 20.8. The van der Waals surface area contributed by atoms with Gasteiger partial charge in [0.25, 0.3) is 0 Å². The van der Waals surface area contributed by atoms with Crippen molar-refractivity contribution in [2.24, 2.45) is 0 Å². The van der Waals surface area contributed by atoms with Gasteiger partial charge in [-0.1, -0.05) is 39.3 Å². The largest absolute Gasteiger partial charge is 0.516 e. The number of hydrogen-bond donors (Lipinski definition) is 0. The molecule has 7 nitrogen and oxygen atoms in total. The van der Waals surface area contributed by atoms with Crippen LogP contribution in [0.15, 0.2) is 0 Å². The number of urea groups is 1. The van der Waals surface area contributed by atoms with E-state index >= 15 is 0 Å². The van der Waals surface area contributed by atoms with Crippen molar-refractivity contribution in [1.82, 2.24) is 7.94 Å². The van der Waals surface area contributed by atoms with Gasteiger partial charge in [0.2, 0.25) is 0 Å². The quantitative estimate of drug-likeness (QED) is 0.467. The standard InChI is InChI=1S/C9H18F6N2O5S2Si2/c1-25(2,3)16(23(19,20)8(10,11)12)7(18)17(26(4,5)6)24(21,22)9(13,14)15/h1-6H3. The van der Waals surface area contributed by atoms with Crippen LogP contribution in [0.4, 0.5) is 31.1 Å². The van der Waals surface area contributed by atoms with Gasteiger partial charge in [0.15, 0.2) is 16.5 Å². The molecule has 0 aliphatic carbocycles. The van der Waals surface area contributed by atoms with Gasteiger partial charge in [-0.25, -0.2) is 12.7 Å². The Balaban J connectivity index is 6.87. The SMILES string of the molecule is C[Si](C)(C)N(C(=O)N([Si](C)(C)C)S(=O)(=O)C(F)(F)F)S(=O)(=O)C(F)(F)F. The van der Waals surface area contributed by atoms with E-state index in [-0.39, 0.29) is 0 Å². The lowest BCUT2D eigenvalue weighted by atomic mass is 11.2. The second-order valence-electron chi connectivity index (χ2n) is 7.05. The van der Waals surface area contributed by atoms with Crippen LogP contribution in [0.5, 0.6) is 0 Å². The number of nitrogens with zero attached hydrogens (tertiary/aromatic N) is 2. The maximum absolute atomic E-state index is 12.9. The van der Waals surface area contributed by atoms with Gasteiger partial charge in [0.05, 0.1) is 0 Å². The zero-order valence-electron chi connectivity index (χ0n) is 14.5. The molecule has 0 aliphatic rings. The Morgan fingerprint density at radius 3 is 0.962 bits per heavy atom. The van der Waals surface area contributed by atoms with E-state index in [1.165, 1.54) is 0 Å². The number of alkyl halides is 6. The van der Waals surface area contributed by atoms with Gasteiger partial charge in [0, 0.05) is 0 Å². The third kappa shape index (κ3) is 4.72. The number of halogens is 6. The minimum Gasteiger partial charge on any atom is -0.248 e. The average molecular weight is 469 g/mol. The van der Waals surface area contributed by atoms with Crippen LogP contribution >= 0.6 is 0 Å². The Morgan fingerprint density at radius 2 is 0.846 bits per heavy atom. The van der Waals surface area contributed by atoms with Crippen LogP contribution in [0.3, 0.4) is 0 Å². The van der Waals surface area contributed by atoms with Crippen molar-refractivity contribution in [2.45, 2.75) is 50.3 Å². The highest BCUT2D eigenvalue weighted by molar-refractivity contribution is 7.93. The number of sulfonamides is 2. The van der Waals surface area contributed by atoms with E-state index < -0.39 is 61.5 Å². The number of rotatable bonds is 4. The molecule has 0 rings (SSSR count). The molecule has 0 atom stereocenters. The summed E-state index contributed by atoms with van der Waals surface area (Å²) in [6, 6.07) is -2.38. The lowest BCUT2D eigenvalue weighted by Crippen LogP contribution is -2.66. The zero-order valence-corrected chi connectivity index (χ0v) is 18.2. The van der Waals surface area contributed by atoms with Gasteiger partial charge in [-0.2, -0.15) is 43.2 Å². The monoisotopic (exact) mass is 468 g/mol. The molecule has 0 saturated heterocycles. The molecular formula is C9H18F6N2O5S2Si2. The number of hydrogen-bond acceptors (Lipinski definition) is 5. The molecule has 0 radical (unpaired) electrons. The molecule has 0 N–H and O–H groups in total. The summed E-state index contributed by atoms with van der Waals surface area (Å²) in [4.78, 5) is 12.5. The summed E-state index contributed by atoms with van der Waals surface area (Å²) in [5.74, 6) is 0. The van der Waals surface area contributed by atoms with Gasteiger partial charge in [0.1, 0.15) is 0 Å². The molecule has 0 unspecified atom stereocenters. The smallest absolute Gasteiger partial charge is 0.248 e. The van der Waals surface area contributed by atoms with Crippen LogP contribution in [0.1, 0.15) is 0 Å². The van der Waals surface area contributed by atoms with Crippen LogP contribution in [-0.4, -0.2) is 58.3 Å². The first-order valence-electron chi connectivity index (χ1n) is 6.67. The molecular weight excluding hydrogens is 450 g/mol. The Hall–Kier alpha value is -0.816. The average Bonchev–Trinajstić information content (AvgIpc) is 2.19. The third-order valence-corrected chi connectivity index (χ3v) is 12.6. The summed E-state index contributed by atoms with van der Waals surface area (Å²) >= 11 is 0. The van der Waals surface area contributed by atoms with Gasteiger partial charge in [-0.05, 0) is 0 Å². The molecule has 0 spiro atoms. The highest BCUT2D eigenvalue weighted by atomic mass is 32.2. The Kier molecular flexibility index (Phi) is 6.45. The Bertz CT molecular complexity index is 700. The maximum atomic E-state index is 12.9. The van der Waals surface area contributed by atoms with Crippen LogP contribution in [-0.2, 0) is 20.0 Å². The summed E-state index contributed by atoms with van der Waals surface area (Å²) in [7, 11) is -20.5. The summed E-state index contributed by atoms with van der Waals surface area (Å²) in [5.41, 5.74) is -12.0. The zero-order chi connectivity index (χ0) is 21.7. The fourth-order valence-electron chi connectivity index (χ4n) is 1.79. The second kappa shape index (κ2) is 6.66. The van der Waals surface area contributed by atoms with E-state index in [1.807, 2.05) is 0 Å². The molecule has 17 heteroatoms. The molecule has 0 fully saturated rings. The minimum atomic E-state index is -6.41. The lowest BCUT2D eigenvalue weighted by molar-refractivity contribution is -0.0473. The molecule has 0 aromatic rings. The van der Waals surface area contributed by atoms with Crippen LogP contribution in [0.25, 0.3) is 0 Å². The first-order valence-corrected chi connectivity index (χ1v) is 16.4. The molecule has 0 bridgehead atoms. The highest BCUT2D eigenvalue weighted by Crippen LogP contribution is 2.36. The minimum absolute atomic E-state index is 0.748. The van der Waals surface area contributed by atoms with Crippen molar-refractivity contribution in [3.63, 3.8) is 0 Å². The highest BCUT2D eigenvalue weighted by Gasteiger charge is 2.61. The van der Waals surface area contributed by atoms with Crippen molar-refractivity contribution < 1.29 is 48.0 Å². The first-order chi connectivity index (χ1) is 10.9. The van der Waals surface area contributed by atoms with E-state index in [2.05, 4.69) is 0 Å². The molecule has 0 heterocycles. The van der Waals surface area contributed by atoms with E-state index in [0.29, 0.717) is 0 Å². The molecule has 0 aliphatic heterocycles. The molecule has 0 aromatic carbocycles. The normalized spacial score (nSPS) is 14.9. The van der Waals surface area contributed by atoms with Crippen molar-refractivity contribution in [1.29, 1.82) is 0 Å². The van der Waals surface area contributed by atoms with Gasteiger partial charge in [-0.3, -0.25) is 0 Å². The summed E-state index contributed by atoms with van der Waals surface area (Å²) in [6.45, 7) is 5.65. The number of amides is 2. The van der Waals surface area contributed by atoms with E-state index in [0.717, 1.165) is 39.3 Å². The third-order valence-electron chi connectivity index (χ3n) is 2.63. The van der Waals surface area contributed by atoms with Crippen LogP contribution < -0.4 is 0 Å². The Labute approximate surface area is 149 Å².